The summed E-state index contributed by atoms with van der Waals surface area (Å²) < 4.78 is 21.8. The van der Waals surface area contributed by atoms with Crippen LogP contribution in [0.4, 0.5) is 5.69 Å². The first-order chi connectivity index (χ1) is 10.2. The van der Waals surface area contributed by atoms with Crippen LogP contribution < -0.4 is 24.7 Å². The van der Waals surface area contributed by atoms with E-state index < -0.39 is 0 Å². The van der Waals surface area contributed by atoms with Gasteiger partial charge in [0, 0.05) is 12.1 Å². The minimum Gasteiger partial charge on any atom is -0.493 e. The Hall–Kier alpha value is -2.56. The molecule has 21 heavy (non-hydrogen) atoms. The summed E-state index contributed by atoms with van der Waals surface area (Å²) in [7, 11) is 3.12. The van der Waals surface area contributed by atoms with E-state index in [0.717, 1.165) is 0 Å². The molecule has 0 unspecified atom stereocenters. The van der Waals surface area contributed by atoms with Gasteiger partial charge in [0.05, 0.1) is 26.5 Å². The van der Waals surface area contributed by atoms with E-state index >= 15 is 0 Å². The van der Waals surface area contributed by atoms with Crippen LogP contribution in [0.1, 0.15) is 6.92 Å². The highest BCUT2D eigenvalue weighted by molar-refractivity contribution is 5.63. The first-order valence-electron chi connectivity index (χ1n) is 6.60. The molecular weight excluding hydrogens is 270 g/mol. The van der Waals surface area contributed by atoms with Crippen molar-refractivity contribution in [2.24, 2.45) is 0 Å². The minimum absolute atomic E-state index is 0.457. The van der Waals surface area contributed by atoms with Crippen LogP contribution in [0.5, 0.6) is 28.7 Å². The van der Waals surface area contributed by atoms with Gasteiger partial charge in [0.15, 0.2) is 28.7 Å². The van der Waals surface area contributed by atoms with Gasteiger partial charge in [-0.1, -0.05) is 12.1 Å². The van der Waals surface area contributed by atoms with Crippen LogP contribution in [0.25, 0.3) is 0 Å². The zero-order chi connectivity index (χ0) is 15.2. The molecule has 0 radical (unpaired) electrons. The van der Waals surface area contributed by atoms with E-state index in [1.165, 1.54) is 0 Å². The van der Waals surface area contributed by atoms with Crippen LogP contribution in [0.3, 0.4) is 0 Å². The van der Waals surface area contributed by atoms with Crippen molar-refractivity contribution in [3.63, 3.8) is 0 Å². The molecule has 0 fully saturated rings. The number of para-hydroxylation sites is 2. The number of ether oxygens (including phenoxy) is 4. The van der Waals surface area contributed by atoms with Gasteiger partial charge in [0.2, 0.25) is 0 Å². The molecule has 0 atom stereocenters. The minimum atomic E-state index is 0.457. The van der Waals surface area contributed by atoms with Gasteiger partial charge in [-0.05, 0) is 19.1 Å². The van der Waals surface area contributed by atoms with Gasteiger partial charge in [-0.3, -0.25) is 0 Å². The average Bonchev–Trinajstić information content (AvgIpc) is 2.51. The Balaban J connectivity index is 2.35. The lowest BCUT2D eigenvalue weighted by Gasteiger charge is -2.15. The summed E-state index contributed by atoms with van der Waals surface area (Å²) >= 11 is 0. The maximum absolute atomic E-state index is 5.99. The Labute approximate surface area is 124 Å². The molecule has 0 saturated heterocycles. The number of hydrogen-bond acceptors (Lipinski definition) is 5. The van der Waals surface area contributed by atoms with E-state index in [1.807, 2.05) is 31.2 Å². The zero-order valence-electron chi connectivity index (χ0n) is 12.4. The topological polar surface area (TPSA) is 62.9 Å². The molecule has 112 valence electrons. The molecule has 2 aromatic carbocycles. The molecule has 0 aliphatic heterocycles. The lowest BCUT2D eigenvalue weighted by atomic mass is 10.2. The molecule has 2 rings (SSSR count). The van der Waals surface area contributed by atoms with Crippen LogP contribution in [-0.2, 0) is 0 Å². The Kier molecular flexibility index (Phi) is 4.77. The van der Waals surface area contributed by atoms with E-state index in [1.54, 1.807) is 26.4 Å². The second kappa shape index (κ2) is 6.74. The number of benzene rings is 2. The number of methoxy groups -OCH3 is 2. The third-order valence-corrected chi connectivity index (χ3v) is 2.88. The summed E-state index contributed by atoms with van der Waals surface area (Å²) in [6.07, 6.45) is 0. The Morgan fingerprint density at radius 2 is 1.48 bits per heavy atom. The van der Waals surface area contributed by atoms with E-state index in [4.69, 9.17) is 24.7 Å². The standard InChI is InChI=1S/C16H19NO4/c1-4-20-12-7-5-6-8-13(12)21-14-10-16(19-3)15(18-2)9-11(14)17/h5-10H,4,17H2,1-3H3. The first-order valence-corrected chi connectivity index (χ1v) is 6.60. The molecule has 0 spiro atoms. The molecule has 0 aromatic heterocycles. The summed E-state index contributed by atoms with van der Waals surface area (Å²) in [6, 6.07) is 10.8. The number of nitrogens with two attached hydrogens (primary N) is 1. The normalized spacial score (nSPS) is 10.0. The maximum atomic E-state index is 5.99. The van der Waals surface area contributed by atoms with Crippen LogP contribution >= 0.6 is 0 Å². The molecule has 0 saturated carbocycles. The van der Waals surface area contributed by atoms with Gasteiger partial charge < -0.3 is 24.7 Å². The lowest BCUT2D eigenvalue weighted by Crippen LogP contribution is -1.98. The lowest BCUT2D eigenvalue weighted by molar-refractivity contribution is 0.320. The Morgan fingerprint density at radius 3 is 2.10 bits per heavy atom. The number of anilines is 1. The van der Waals surface area contributed by atoms with Crippen molar-refractivity contribution in [3.05, 3.63) is 36.4 Å². The van der Waals surface area contributed by atoms with E-state index in [9.17, 15) is 0 Å². The summed E-state index contributed by atoms with van der Waals surface area (Å²) in [5.41, 5.74) is 6.45. The van der Waals surface area contributed by atoms with Gasteiger partial charge in [0.25, 0.3) is 0 Å². The third kappa shape index (κ3) is 3.31. The summed E-state index contributed by atoms with van der Waals surface area (Å²) in [6.45, 7) is 2.48. The maximum Gasteiger partial charge on any atom is 0.169 e. The Bertz CT molecular complexity index is 613. The second-order valence-electron chi connectivity index (χ2n) is 4.23. The molecule has 5 heteroatoms. The quantitative estimate of drug-likeness (QED) is 0.825. The van der Waals surface area contributed by atoms with Crippen molar-refractivity contribution in [1.82, 2.24) is 0 Å². The Morgan fingerprint density at radius 1 is 0.857 bits per heavy atom. The van der Waals surface area contributed by atoms with Crippen molar-refractivity contribution >= 4 is 5.69 Å². The highest BCUT2D eigenvalue weighted by Gasteiger charge is 2.13. The van der Waals surface area contributed by atoms with Crippen molar-refractivity contribution in [1.29, 1.82) is 0 Å². The van der Waals surface area contributed by atoms with Crippen LogP contribution in [0.2, 0.25) is 0 Å². The van der Waals surface area contributed by atoms with Gasteiger partial charge in [-0.15, -0.1) is 0 Å². The fourth-order valence-corrected chi connectivity index (χ4v) is 1.89. The molecule has 5 nitrogen and oxygen atoms in total. The second-order valence-corrected chi connectivity index (χ2v) is 4.23. The smallest absolute Gasteiger partial charge is 0.169 e. The van der Waals surface area contributed by atoms with Gasteiger partial charge in [-0.2, -0.15) is 0 Å². The summed E-state index contributed by atoms with van der Waals surface area (Å²) in [5, 5.41) is 0. The van der Waals surface area contributed by atoms with E-state index in [0.29, 0.717) is 41.0 Å². The van der Waals surface area contributed by atoms with Gasteiger partial charge >= 0.3 is 0 Å². The summed E-state index contributed by atoms with van der Waals surface area (Å²) in [5.74, 6) is 2.85. The highest BCUT2D eigenvalue weighted by atomic mass is 16.5. The SMILES string of the molecule is CCOc1ccccc1Oc1cc(OC)c(OC)cc1N. The number of nitrogen functional groups attached to an aromatic ring is 1. The van der Waals surface area contributed by atoms with E-state index in [2.05, 4.69) is 0 Å². The number of rotatable bonds is 6. The predicted octanol–water partition coefficient (Wildman–Crippen LogP) is 3.48. The molecule has 2 aromatic rings. The fraction of sp³-hybridized carbons (Fsp3) is 0.250. The molecule has 0 heterocycles. The molecule has 0 bridgehead atoms. The zero-order valence-corrected chi connectivity index (χ0v) is 12.4. The van der Waals surface area contributed by atoms with E-state index in [-0.39, 0.29) is 0 Å². The van der Waals surface area contributed by atoms with Gasteiger partial charge in [0.1, 0.15) is 0 Å². The highest BCUT2D eigenvalue weighted by Crippen LogP contribution is 2.40. The molecule has 0 aliphatic carbocycles. The largest absolute Gasteiger partial charge is 0.493 e. The molecule has 2 N–H and O–H groups in total. The number of hydrogen-bond donors (Lipinski definition) is 1. The third-order valence-electron chi connectivity index (χ3n) is 2.88. The van der Waals surface area contributed by atoms with Crippen molar-refractivity contribution in [3.8, 4) is 28.7 Å². The fourth-order valence-electron chi connectivity index (χ4n) is 1.89. The molecule has 0 aliphatic rings. The van der Waals surface area contributed by atoms with Gasteiger partial charge in [-0.25, -0.2) is 0 Å². The van der Waals surface area contributed by atoms with Crippen molar-refractivity contribution in [2.75, 3.05) is 26.6 Å². The first kappa shape index (κ1) is 14.8. The molecular formula is C16H19NO4. The molecule has 0 amide bonds. The van der Waals surface area contributed by atoms with Crippen LogP contribution in [0.15, 0.2) is 36.4 Å². The average molecular weight is 289 g/mol. The summed E-state index contributed by atoms with van der Waals surface area (Å²) in [4.78, 5) is 0. The van der Waals surface area contributed by atoms with Crippen LogP contribution in [0, 0.1) is 0 Å². The van der Waals surface area contributed by atoms with Crippen molar-refractivity contribution in [2.45, 2.75) is 6.92 Å². The monoisotopic (exact) mass is 289 g/mol. The predicted molar refractivity (Wildman–Crippen MR) is 81.6 cm³/mol. The van der Waals surface area contributed by atoms with Crippen molar-refractivity contribution < 1.29 is 18.9 Å². The van der Waals surface area contributed by atoms with Crippen LogP contribution in [-0.4, -0.2) is 20.8 Å².